The molecule has 0 fully saturated rings. The maximum absolute atomic E-state index is 12.1. The number of esters is 1. The van der Waals surface area contributed by atoms with E-state index in [1.165, 1.54) is 13.2 Å². The number of benzene rings is 2. The Kier molecular flexibility index (Phi) is 7.63. The maximum Gasteiger partial charge on any atom is 0.337 e. The van der Waals surface area contributed by atoms with Crippen molar-refractivity contribution in [2.75, 3.05) is 14.2 Å². The maximum atomic E-state index is 12.1. The highest BCUT2D eigenvalue weighted by Crippen LogP contribution is 2.29. The molecule has 0 atom stereocenters. The lowest BCUT2D eigenvalue weighted by Crippen LogP contribution is -2.20. The topological polar surface area (TPSA) is 73.9 Å². The zero-order chi connectivity index (χ0) is 20.5. The van der Waals surface area contributed by atoms with Crippen molar-refractivity contribution in [1.29, 1.82) is 0 Å². The van der Waals surface area contributed by atoms with Gasteiger partial charge in [0.2, 0.25) is 5.91 Å². The van der Waals surface area contributed by atoms with Gasteiger partial charge in [-0.2, -0.15) is 0 Å². The lowest BCUT2D eigenvalue weighted by Gasteiger charge is -2.13. The molecule has 2 aromatic rings. The van der Waals surface area contributed by atoms with Gasteiger partial charge in [-0.3, -0.25) is 4.79 Å². The average molecular weight is 383 g/mol. The van der Waals surface area contributed by atoms with Crippen LogP contribution in [0.25, 0.3) is 6.08 Å². The normalized spacial score (nSPS) is 10.8. The molecule has 28 heavy (non-hydrogen) atoms. The first-order valence-electron chi connectivity index (χ1n) is 8.90. The van der Waals surface area contributed by atoms with Crippen LogP contribution in [-0.4, -0.2) is 32.2 Å². The highest BCUT2D eigenvalue weighted by atomic mass is 16.5. The molecule has 2 rings (SSSR count). The smallest absolute Gasteiger partial charge is 0.337 e. The van der Waals surface area contributed by atoms with E-state index in [1.807, 2.05) is 32.0 Å². The summed E-state index contributed by atoms with van der Waals surface area (Å²) in [4.78, 5) is 23.5. The van der Waals surface area contributed by atoms with Gasteiger partial charge in [0.1, 0.15) is 0 Å². The second kappa shape index (κ2) is 10.2. The number of rotatable bonds is 8. The summed E-state index contributed by atoms with van der Waals surface area (Å²) < 4.78 is 15.7. The highest BCUT2D eigenvalue weighted by molar-refractivity contribution is 5.92. The SMILES string of the molecule is COC(=O)c1ccc(CNC(=O)/C=C/c2ccc(OC(C)C)c(OC)c2)cc1. The number of hydrogen-bond acceptors (Lipinski definition) is 5. The van der Waals surface area contributed by atoms with Crippen molar-refractivity contribution in [3.63, 3.8) is 0 Å². The number of nitrogens with one attached hydrogen (secondary N) is 1. The van der Waals surface area contributed by atoms with E-state index < -0.39 is 5.97 Å². The zero-order valence-electron chi connectivity index (χ0n) is 16.5. The summed E-state index contributed by atoms with van der Waals surface area (Å²) in [5.74, 6) is 0.661. The number of methoxy groups -OCH3 is 2. The number of carbonyl (C=O) groups excluding carboxylic acids is 2. The van der Waals surface area contributed by atoms with Crippen LogP contribution >= 0.6 is 0 Å². The fraction of sp³-hybridized carbons (Fsp3) is 0.273. The van der Waals surface area contributed by atoms with Crippen molar-refractivity contribution < 1.29 is 23.8 Å². The minimum absolute atomic E-state index is 0.0442. The molecule has 0 aliphatic rings. The van der Waals surface area contributed by atoms with Crippen LogP contribution in [0.5, 0.6) is 11.5 Å². The van der Waals surface area contributed by atoms with Crippen LogP contribution in [0.2, 0.25) is 0 Å². The molecule has 0 heterocycles. The van der Waals surface area contributed by atoms with E-state index in [2.05, 4.69) is 10.1 Å². The third-order valence-electron chi connectivity index (χ3n) is 3.82. The first-order chi connectivity index (χ1) is 13.4. The van der Waals surface area contributed by atoms with E-state index in [-0.39, 0.29) is 12.0 Å². The predicted octanol–water partition coefficient (Wildman–Crippen LogP) is 3.60. The fourth-order valence-corrected chi connectivity index (χ4v) is 2.44. The van der Waals surface area contributed by atoms with Crippen LogP contribution in [-0.2, 0) is 16.1 Å². The summed E-state index contributed by atoms with van der Waals surface area (Å²) in [6.07, 6.45) is 3.21. The zero-order valence-corrected chi connectivity index (χ0v) is 16.5. The molecule has 0 bridgehead atoms. The van der Waals surface area contributed by atoms with Crippen LogP contribution in [0, 0.1) is 0 Å². The molecule has 0 unspecified atom stereocenters. The van der Waals surface area contributed by atoms with Gasteiger partial charge in [0, 0.05) is 12.6 Å². The van der Waals surface area contributed by atoms with Gasteiger partial charge in [0.05, 0.1) is 25.9 Å². The fourth-order valence-electron chi connectivity index (χ4n) is 2.44. The van der Waals surface area contributed by atoms with Crippen molar-refractivity contribution in [3.05, 3.63) is 65.2 Å². The van der Waals surface area contributed by atoms with Gasteiger partial charge >= 0.3 is 5.97 Å². The molecule has 0 radical (unpaired) electrons. The largest absolute Gasteiger partial charge is 0.493 e. The van der Waals surface area contributed by atoms with Crippen molar-refractivity contribution in [2.45, 2.75) is 26.5 Å². The third kappa shape index (κ3) is 6.16. The Morgan fingerprint density at radius 1 is 1.04 bits per heavy atom. The summed E-state index contributed by atoms with van der Waals surface area (Å²) in [6, 6.07) is 12.4. The summed E-state index contributed by atoms with van der Waals surface area (Å²) >= 11 is 0. The minimum atomic E-state index is -0.390. The highest BCUT2D eigenvalue weighted by Gasteiger charge is 2.07. The Morgan fingerprint density at radius 2 is 1.75 bits per heavy atom. The van der Waals surface area contributed by atoms with Gasteiger partial charge in [-0.15, -0.1) is 0 Å². The van der Waals surface area contributed by atoms with Gasteiger partial charge < -0.3 is 19.5 Å². The second-order valence-corrected chi connectivity index (χ2v) is 6.32. The standard InChI is InChI=1S/C22H25NO5/c1-15(2)28-19-11-7-16(13-20(19)26-3)8-12-21(24)23-14-17-5-9-18(10-6-17)22(25)27-4/h5-13,15H,14H2,1-4H3,(H,23,24)/b12-8+. The molecule has 0 saturated carbocycles. The van der Waals surface area contributed by atoms with Crippen LogP contribution in [0.4, 0.5) is 0 Å². The molecule has 6 nitrogen and oxygen atoms in total. The molecule has 0 spiro atoms. The average Bonchev–Trinajstić information content (AvgIpc) is 2.70. The van der Waals surface area contributed by atoms with Crippen molar-refractivity contribution in [2.24, 2.45) is 0 Å². The van der Waals surface area contributed by atoms with Crippen molar-refractivity contribution in [1.82, 2.24) is 5.32 Å². The van der Waals surface area contributed by atoms with E-state index in [1.54, 1.807) is 37.5 Å². The quantitative estimate of drug-likeness (QED) is 0.557. The van der Waals surface area contributed by atoms with E-state index in [4.69, 9.17) is 9.47 Å². The number of amides is 1. The molecule has 1 N–H and O–H groups in total. The Bertz CT molecular complexity index is 841. The molecule has 1 amide bonds. The van der Waals surface area contributed by atoms with Gasteiger partial charge in [0.25, 0.3) is 0 Å². The third-order valence-corrected chi connectivity index (χ3v) is 3.82. The Hall–Kier alpha value is -3.28. The lowest BCUT2D eigenvalue weighted by atomic mass is 10.1. The molecule has 0 saturated heterocycles. The monoisotopic (exact) mass is 383 g/mol. The molecular weight excluding hydrogens is 358 g/mol. The first-order valence-corrected chi connectivity index (χ1v) is 8.90. The Morgan fingerprint density at radius 3 is 2.36 bits per heavy atom. The Labute approximate surface area is 165 Å². The van der Waals surface area contributed by atoms with Gasteiger partial charge in [-0.05, 0) is 55.3 Å². The van der Waals surface area contributed by atoms with Gasteiger partial charge in [-0.25, -0.2) is 4.79 Å². The molecule has 148 valence electrons. The predicted molar refractivity (Wildman–Crippen MR) is 107 cm³/mol. The van der Waals surface area contributed by atoms with Gasteiger partial charge in [0.15, 0.2) is 11.5 Å². The van der Waals surface area contributed by atoms with E-state index >= 15 is 0 Å². The second-order valence-electron chi connectivity index (χ2n) is 6.32. The summed E-state index contributed by atoms with van der Waals surface area (Å²) in [7, 11) is 2.91. The van der Waals surface area contributed by atoms with Crippen LogP contribution in [0.3, 0.4) is 0 Å². The lowest BCUT2D eigenvalue weighted by molar-refractivity contribution is -0.116. The first kappa shape index (κ1) is 21.0. The van der Waals surface area contributed by atoms with E-state index in [0.29, 0.717) is 23.6 Å². The van der Waals surface area contributed by atoms with E-state index in [9.17, 15) is 9.59 Å². The van der Waals surface area contributed by atoms with Gasteiger partial charge in [-0.1, -0.05) is 18.2 Å². The minimum Gasteiger partial charge on any atom is -0.493 e. The molecular formula is C22H25NO5. The number of hydrogen-bond donors (Lipinski definition) is 1. The molecule has 2 aromatic carbocycles. The van der Waals surface area contributed by atoms with Crippen LogP contribution < -0.4 is 14.8 Å². The van der Waals surface area contributed by atoms with Crippen molar-refractivity contribution >= 4 is 18.0 Å². The van der Waals surface area contributed by atoms with Crippen LogP contribution in [0.15, 0.2) is 48.5 Å². The number of carbonyl (C=O) groups is 2. The molecule has 0 aliphatic carbocycles. The summed E-state index contributed by atoms with van der Waals surface area (Å²) in [5, 5.41) is 2.80. The summed E-state index contributed by atoms with van der Waals surface area (Å²) in [6.45, 7) is 4.25. The van der Waals surface area contributed by atoms with Crippen molar-refractivity contribution in [3.8, 4) is 11.5 Å². The summed E-state index contributed by atoms with van der Waals surface area (Å²) in [5.41, 5.74) is 2.17. The van der Waals surface area contributed by atoms with E-state index in [0.717, 1.165) is 11.1 Å². The molecule has 6 heteroatoms. The molecule has 0 aliphatic heterocycles. The number of ether oxygens (including phenoxy) is 3. The molecule has 0 aromatic heterocycles. The Balaban J connectivity index is 1.93. The van der Waals surface area contributed by atoms with Crippen LogP contribution in [0.1, 0.15) is 35.3 Å².